The molecular weight excluding hydrogens is 385 g/mol. The highest BCUT2D eigenvalue weighted by Crippen LogP contribution is 2.29. The maximum atomic E-state index is 12.9. The van der Waals surface area contributed by atoms with Crippen LogP contribution in [0.5, 0.6) is 0 Å². The van der Waals surface area contributed by atoms with Gasteiger partial charge in [0.25, 0.3) is 5.91 Å². The zero-order chi connectivity index (χ0) is 13.3. The first-order valence-electron chi connectivity index (χ1n) is 4.99. The second kappa shape index (κ2) is 5.50. The van der Waals surface area contributed by atoms with Gasteiger partial charge in [-0.05, 0) is 68.6 Å². The number of anilines is 1. The molecule has 0 atom stereocenters. The lowest BCUT2D eigenvalue weighted by atomic mass is 10.3. The highest BCUT2D eigenvalue weighted by molar-refractivity contribution is 9.11. The second-order valence-electron chi connectivity index (χ2n) is 3.65. The first-order valence-corrected chi connectivity index (χ1v) is 7.40. The van der Waals surface area contributed by atoms with Crippen molar-refractivity contribution >= 4 is 54.8 Å². The molecule has 2 rings (SSSR count). The van der Waals surface area contributed by atoms with Crippen LogP contribution in [0, 0.1) is 12.7 Å². The predicted molar refractivity (Wildman–Crippen MR) is 78.8 cm³/mol. The number of nitrogens with one attached hydrogen (secondary N) is 1. The molecule has 0 unspecified atom stereocenters. The SMILES string of the molecule is Cc1cc(C(=O)Nc2ccc(F)cc2Br)sc1Br. The van der Waals surface area contributed by atoms with Gasteiger partial charge in [-0.15, -0.1) is 11.3 Å². The van der Waals surface area contributed by atoms with Gasteiger partial charge in [-0.1, -0.05) is 0 Å². The largest absolute Gasteiger partial charge is 0.320 e. The molecule has 1 amide bonds. The quantitative estimate of drug-likeness (QED) is 0.767. The van der Waals surface area contributed by atoms with Crippen LogP contribution in [-0.4, -0.2) is 5.91 Å². The maximum absolute atomic E-state index is 12.9. The first-order chi connectivity index (χ1) is 8.47. The van der Waals surface area contributed by atoms with Gasteiger partial charge in [0.2, 0.25) is 0 Å². The highest BCUT2D eigenvalue weighted by Gasteiger charge is 2.12. The van der Waals surface area contributed by atoms with Crippen LogP contribution in [0.2, 0.25) is 0 Å². The summed E-state index contributed by atoms with van der Waals surface area (Å²) in [6.07, 6.45) is 0. The summed E-state index contributed by atoms with van der Waals surface area (Å²) in [6, 6.07) is 5.94. The lowest BCUT2D eigenvalue weighted by Crippen LogP contribution is -2.10. The van der Waals surface area contributed by atoms with Crippen LogP contribution < -0.4 is 5.32 Å². The summed E-state index contributed by atoms with van der Waals surface area (Å²) in [7, 11) is 0. The number of carbonyl (C=O) groups excluding carboxylic acids is 1. The number of benzene rings is 1. The molecule has 6 heteroatoms. The third-order valence-electron chi connectivity index (χ3n) is 2.26. The number of hydrogen-bond acceptors (Lipinski definition) is 2. The summed E-state index contributed by atoms with van der Waals surface area (Å²) in [6.45, 7) is 1.92. The number of rotatable bonds is 2. The molecule has 0 radical (unpaired) electrons. The molecule has 1 aromatic carbocycles. The van der Waals surface area contributed by atoms with Crippen LogP contribution in [0.3, 0.4) is 0 Å². The molecule has 0 aliphatic rings. The van der Waals surface area contributed by atoms with Gasteiger partial charge in [-0.3, -0.25) is 4.79 Å². The van der Waals surface area contributed by atoms with Crippen molar-refractivity contribution in [2.75, 3.05) is 5.32 Å². The van der Waals surface area contributed by atoms with Gasteiger partial charge in [0.05, 0.1) is 14.4 Å². The number of thiophene rings is 1. The van der Waals surface area contributed by atoms with Crippen molar-refractivity contribution in [3.63, 3.8) is 0 Å². The van der Waals surface area contributed by atoms with E-state index in [2.05, 4.69) is 37.2 Å². The fourth-order valence-corrected chi connectivity index (χ4v) is 3.23. The zero-order valence-electron chi connectivity index (χ0n) is 9.26. The third kappa shape index (κ3) is 2.99. The number of halogens is 3. The molecule has 2 aromatic rings. The van der Waals surface area contributed by atoms with E-state index < -0.39 is 0 Å². The van der Waals surface area contributed by atoms with Crippen LogP contribution in [0.1, 0.15) is 15.2 Å². The van der Waals surface area contributed by atoms with Crippen molar-refractivity contribution in [1.82, 2.24) is 0 Å². The summed E-state index contributed by atoms with van der Waals surface area (Å²) < 4.78 is 14.4. The molecule has 1 heterocycles. The van der Waals surface area contributed by atoms with Gasteiger partial charge < -0.3 is 5.32 Å². The molecule has 94 valence electrons. The molecule has 0 fully saturated rings. The van der Waals surface area contributed by atoms with E-state index in [0.717, 1.165) is 9.35 Å². The monoisotopic (exact) mass is 391 g/mol. The number of hydrogen-bond donors (Lipinski definition) is 1. The maximum Gasteiger partial charge on any atom is 0.265 e. The number of amides is 1. The van der Waals surface area contributed by atoms with Crippen LogP contribution in [-0.2, 0) is 0 Å². The Balaban J connectivity index is 2.21. The van der Waals surface area contributed by atoms with Gasteiger partial charge in [0.1, 0.15) is 5.82 Å². The topological polar surface area (TPSA) is 29.1 Å². The lowest BCUT2D eigenvalue weighted by molar-refractivity contribution is 0.103. The minimum absolute atomic E-state index is 0.207. The summed E-state index contributed by atoms with van der Waals surface area (Å²) in [5, 5.41) is 2.73. The van der Waals surface area contributed by atoms with Crippen molar-refractivity contribution in [1.29, 1.82) is 0 Å². The molecule has 0 aliphatic carbocycles. The Labute approximate surface area is 124 Å². The minimum atomic E-state index is -0.352. The van der Waals surface area contributed by atoms with Crippen molar-refractivity contribution in [2.24, 2.45) is 0 Å². The van der Waals surface area contributed by atoms with E-state index in [1.54, 1.807) is 0 Å². The van der Waals surface area contributed by atoms with E-state index in [1.165, 1.54) is 29.5 Å². The second-order valence-corrected chi connectivity index (χ2v) is 6.87. The average Bonchev–Trinajstić information content (AvgIpc) is 2.63. The smallest absolute Gasteiger partial charge is 0.265 e. The van der Waals surface area contributed by atoms with E-state index in [-0.39, 0.29) is 11.7 Å². The van der Waals surface area contributed by atoms with Gasteiger partial charge in [-0.25, -0.2) is 4.39 Å². The number of aryl methyl sites for hydroxylation is 1. The van der Waals surface area contributed by atoms with E-state index in [9.17, 15) is 9.18 Å². The third-order valence-corrected chi connectivity index (χ3v) is 5.05. The Morgan fingerprint density at radius 2 is 2.06 bits per heavy atom. The summed E-state index contributed by atoms with van der Waals surface area (Å²) in [4.78, 5) is 12.6. The van der Waals surface area contributed by atoms with E-state index in [4.69, 9.17) is 0 Å². The summed E-state index contributed by atoms with van der Waals surface area (Å²) in [5.41, 5.74) is 1.56. The van der Waals surface area contributed by atoms with Crippen LogP contribution in [0.4, 0.5) is 10.1 Å². The van der Waals surface area contributed by atoms with Gasteiger partial charge >= 0.3 is 0 Å². The van der Waals surface area contributed by atoms with Crippen molar-refractivity contribution in [2.45, 2.75) is 6.92 Å². The van der Waals surface area contributed by atoms with Crippen LogP contribution in [0.25, 0.3) is 0 Å². The van der Waals surface area contributed by atoms with E-state index >= 15 is 0 Å². The molecule has 0 saturated heterocycles. The molecule has 0 saturated carbocycles. The number of carbonyl (C=O) groups is 1. The molecule has 0 bridgehead atoms. The van der Waals surface area contributed by atoms with Crippen LogP contribution >= 0.6 is 43.2 Å². The highest BCUT2D eigenvalue weighted by atomic mass is 79.9. The predicted octanol–water partition coefficient (Wildman–Crippen LogP) is 4.97. The Bertz CT molecular complexity index is 593. The zero-order valence-corrected chi connectivity index (χ0v) is 13.2. The molecule has 0 spiro atoms. The fraction of sp³-hybridized carbons (Fsp3) is 0.0833. The molecular formula is C12H8Br2FNOS. The standard InChI is InChI=1S/C12H8Br2FNOS/c1-6-4-10(18-11(6)14)12(17)16-9-3-2-7(15)5-8(9)13/h2-5H,1H3,(H,16,17). The minimum Gasteiger partial charge on any atom is -0.320 e. The van der Waals surface area contributed by atoms with Gasteiger partial charge in [0, 0.05) is 4.47 Å². The Hall–Kier alpha value is -0.720. The Kier molecular flexibility index (Phi) is 4.19. The Morgan fingerprint density at radius 3 is 2.61 bits per heavy atom. The van der Waals surface area contributed by atoms with E-state index in [0.29, 0.717) is 15.0 Å². The normalized spacial score (nSPS) is 10.4. The van der Waals surface area contributed by atoms with Gasteiger partial charge in [-0.2, -0.15) is 0 Å². The average molecular weight is 393 g/mol. The Morgan fingerprint density at radius 1 is 1.33 bits per heavy atom. The first kappa shape index (κ1) is 13.7. The van der Waals surface area contributed by atoms with Gasteiger partial charge in [0.15, 0.2) is 0 Å². The fourth-order valence-electron chi connectivity index (χ4n) is 1.35. The molecule has 2 nitrogen and oxygen atoms in total. The summed E-state index contributed by atoms with van der Waals surface area (Å²) in [5.74, 6) is -0.560. The molecule has 1 aromatic heterocycles. The van der Waals surface area contributed by atoms with Crippen LogP contribution in [0.15, 0.2) is 32.5 Å². The van der Waals surface area contributed by atoms with Crippen molar-refractivity contribution in [3.05, 3.63) is 48.8 Å². The van der Waals surface area contributed by atoms with E-state index in [1.807, 2.05) is 13.0 Å². The molecule has 1 N–H and O–H groups in total. The molecule has 18 heavy (non-hydrogen) atoms. The lowest BCUT2D eigenvalue weighted by Gasteiger charge is -2.05. The summed E-state index contributed by atoms with van der Waals surface area (Å²) >= 11 is 7.95. The van der Waals surface area contributed by atoms with Crippen molar-refractivity contribution in [3.8, 4) is 0 Å². The van der Waals surface area contributed by atoms with Crippen molar-refractivity contribution < 1.29 is 9.18 Å². The molecule has 0 aliphatic heterocycles.